The first-order valence-corrected chi connectivity index (χ1v) is 3.37. The van der Waals surface area contributed by atoms with Crippen molar-refractivity contribution >= 4 is 0 Å². The summed E-state index contributed by atoms with van der Waals surface area (Å²) in [6, 6.07) is 0. The van der Waals surface area contributed by atoms with Crippen LogP contribution in [0.2, 0.25) is 0 Å². The van der Waals surface area contributed by atoms with Crippen LogP contribution in [0.25, 0.3) is 0 Å². The van der Waals surface area contributed by atoms with Gasteiger partial charge in [-0.1, -0.05) is 0 Å². The number of nitrogens with two attached hydrogens (primary N) is 1. The minimum absolute atomic E-state index is 0.507. The van der Waals surface area contributed by atoms with Crippen LogP contribution in [-0.4, -0.2) is 9.97 Å². The molecule has 4 heteroatoms. The Hall–Kier alpha value is -0.870. The quantitative estimate of drug-likeness (QED) is 0.489. The predicted octanol–water partition coefficient (Wildman–Crippen LogP) is -0.528. The van der Waals surface area contributed by atoms with Crippen molar-refractivity contribution in [1.82, 2.24) is 15.3 Å². The van der Waals surface area contributed by atoms with Crippen molar-refractivity contribution in [2.45, 2.75) is 19.6 Å². The summed E-state index contributed by atoms with van der Waals surface area (Å²) >= 11 is 0. The maximum Gasteiger partial charge on any atom is 0.120 e. The van der Waals surface area contributed by atoms with E-state index in [0.29, 0.717) is 6.54 Å². The van der Waals surface area contributed by atoms with Gasteiger partial charge in [0.05, 0.1) is 17.9 Å². The van der Waals surface area contributed by atoms with Gasteiger partial charge < -0.3 is 16.0 Å². The smallest absolute Gasteiger partial charge is 0.120 e. The molecule has 4 nitrogen and oxygen atoms in total. The van der Waals surface area contributed by atoms with E-state index in [1.807, 2.05) is 0 Å². The second-order valence-corrected chi connectivity index (χ2v) is 2.42. The monoisotopic (exact) mass is 138 g/mol. The standard InChI is InChI=1S/C6H10N4/c7-1-6-9-4-2-8-3-5(4)10-6/h8H,1-3,7H2,(H,9,10). The van der Waals surface area contributed by atoms with Gasteiger partial charge in [-0.15, -0.1) is 0 Å². The number of hydrogen-bond donors (Lipinski definition) is 3. The average molecular weight is 138 g/mol. The molecule has 0 unspecified atom stereocenters. The van der Waals surface area contributed by atoms with E-state index in [1.54, 1.807) is 0 Å². The summed E-state index contributed by atoms with van der Waals surface area (Å²) in [5.41, 5.74) is 7.72. The molecule has 0 radical (unpaired) electrons. The molecule has 0 fully saturated rings. The van der Waals surface area contributed by atoms with Crippen LogP contribution in [-0.2, 0) is 19.6 Å². The molecule has 0 saturated carbocycles. The van der Waals surface area contributed by atoms with Crippen molar-refractivity contribution in [3.8, 4) is 0 Å². The number of aromatic amines is 1. The molecule has 54 valence electrons. The van der Waals surface area contributed by atoms with Crippen molar-refractivity contribution < 1.29 is 0 Å². The van der Waals surface area contributed by atoms with Crippen molar-refractivity contribution in [3.05, 3.63) is 17.2 Å². The van der Waals surface area contributed by atoms with Gasteiger partial charge in [-0.2, -0.15) is 0 Å². The Balaban J connectivity index is 2.37. The molecule has 1 aliphatic rings. The molecule has 0 atom stereocenters. The van der Waals surface area contributed by atoms with E-state index in [-0.39, 0.29) is 0 Å². The fourth-order valence-corrected chi connectivity index (χ4v) is 1.20. The zero-order chi connectivity index (χ0) is 6.97. The average Bonchev–Trinajstić information content (AvgIpc) is 2.42. The van der Waals surface area contributed by atoms with Crippen LogP contribution in [0, 0.1) is 0 Å². The summed E-state index contributed by atoms with van der Waals surface area (Å²) in [6.07, 6.45) is 0. The van der Waals surface area contributed by atoms with E-state index < -0.39 is 0 Å². The third-order valence-electron chi connectivity index (χ3n) is 1.70. The van der Waals surface area contributed by atoms with E-state index in [2.05, 4.69) is 15.3 Å². The second kappa shape index (κ2) is 2.07. The number of aromatic nitrogens is 2. The highest BCUT2D eigenvalue weighted by atomic mass is 15.0. The third kappa shape index (κ3) is 0.732. The summed E-state index contributed by atoms with van der Waals surface area (Å²) in [5, 5.41) is 3.18. The molecule has 1 aromatic rings. The first-order chi connectivity index (χ1) is 4.90. The summed E-state index contributed by atoms with van der Waals surface area (Å²) in [4.78, 5) is 7.41. The molecule has 0 aromatic carbocycles. The highest BCUT2D eigenvalue weighted by Gasteiger charge is 2.13. The fourth-order valence-electron chi connectivity index (χ4n) is 1.20. The summed E-state index contributed by atoms with van der Waals surface area (Å²) in [6.45, 7) is 2.29. The topological polar surface area (TPSA) is 66.7 Å². The lowest BCUT2D eigenvalue weighted by Crippen LogP contribution is -2.05. The number of hydrogen-bond acceptors (Lipinski definition) is 3. The van der Waals surface area contributed by atoms with Crippen molar-refractivity contribution in [2.24, 2.45) is 5.73 Å². The molecule has 0 amide bonds. The molecule has 10 heavy (non-hydrogen) atoms. The summed E-state index contributed by atoms with van der Waals surface area (Å²) < 4.78 is 0. The fraction of sp³-hybridized carbons (Fsp3) is 0.500. The number of imidazole rings is 1. The highest BCUT2D eigenvalue weighted by molar-refractivity contribution is 5.18. The molecule has 1 aliphatic heterocycles. The molecule has 0 saturated heterocycles. The molecular weight excluding hydrogens is 128 g/mol. The molecule has 2 heterocycles. The van der Waals surface area contributed by atoms with Crippen LogP contribution >= 0.6 is 0 Å². The minimum atomic E-state index is 0.507. The van der Waals surface area contributed by atoms with Gasteiger partial charge in [-0.25, -0.2) is 4.98 Å². The molecule has 4 N–H and O–H groups in total. The van der Waals surface area contributed by atoms with Crippen LogP contribution in [0.4, 0.5) is 0 Å². The molecular formula is C6H10N4. The van der Waals surface area contributed by atoms with Gasteiger partial charge in [-0.05, 0) is 0 Å². The van der Waals surface area contributed by atoms with Crippen molar-refractivity contribution in [1.29, 1.82) is 0 Å². The van der Waals surface area contributed by atoms with Gasteiger partial charge >= 0.3 is 0 Å². The lowest BCUT2D eigenvalue weighted by molar-refractivity contribution is 0.733. The molecule has 1 aromatic heterocycles. The Morgan fingerprint density at radius 2 is 2.40 bits per heavy atom. The molecule has 2 rings (SSSR count). The van der Waals surface area contributed by atoms with Crippen LogP contribution < -0.4 is 11.1 Å². The lowest BCUT2D eigenvalue weighted by Gasteiger charge is -1.89. The Morgan fingerprint density at radius 1 is 1.50 bits per heavy atom. The van der Waals surface area contributed by atoms with Gasteiger partial charge in [0.25, 0.3) is 0 Å². The van der Waals surface area contributed by atoms with Crippen LogP contribution in [0.15, 0.2) is 0 Å². The van der Waals surface area contributed by atoms with Crippen LogP contribution in [0.3, 0.4) is 0 Å². The van der Waals surface area contributed by atoms with Gasteiger partial charge in [0, 0.05) is 13.1 Å². The molecule has 0 spiro atoms. The van der Waals surface area contributed by atoms with E-state index in [4.69, 9.17) is 5.73 Å². The SMILES string of the molecule is NCc1nc2c([nH]1)CNC2. The third-order valence-corrected chi connectivity index (χ3v) is 1.70. The number of H-pyrrole nitrogens is 1. The van der Waals surface area contributed by atoms with E-state index >= 15 is 0 Å². The van der Waals surface area contributed by atoms with E-state index in [9.17, 15) is 0 Å². The Kier molecular flexibility index (Phi) is 1.22. The first-order valence-electron chi connectivity index (χ1n) is 3.37. The number of rotatable bonds is 1. The van der Waals surface area contributed by atoms with E-state index in [1.165, 1.54) is 5.69 Å². The predicted molar refractivity (Wildman–Crippen MR) is 37.0 cm³/mol. The number of nitrogens with one attached hydrogen (secondary N) is 2. The van der Waals surface area contributed by atoms with Crippen LogP contribution in [0.5, 0.6) is 0 Å². The van der Waals surface area contributed by atoms with Gasteiger partial charge in [0.2, 0.25) is 0 Å². The zero-order valence-corrected chi connectivity index (χ0v) is 5.65. The second-order valence-electron chi connectivity index (χ2n) is 2.42. The molecule has 0 aliphatic carbocycles. The highest BCUT2D eigenvalue weighted by Crippen LogP contribution is 2.10. The number of nitrogens with zero attached hydrogens (tertiary/aromatic N) is 1. The first kappa shape index (κ1) is 5.88. The Morgan fingerprint density at radius 3 is 3.10 bits per heavy atom. The maximum absolute atomic E-state index is 5.40. The molecule has 0 bridgehead atoms. The van der Waals surface area contributed by atoms with E-state index in [0.717, 1.165) is 24.6 Å². The lowest BCUT2D eigenvalue weighted by atomic mass is 10.4. The zero-order valence-electron chi connectivity index (χ0n) is 5.65. The Labute approximate surface area is 58.8 Å². The van der Waals surface area contributed by atoms with Crippen molar-refractivity contribution in [3.63, 3.8) is 0 Å². The summed E-state index contributed by atoms with van der Waals surface area (Å²) in [5.74, 6) is 0.895. The van der Waals surface area contributed by atoms with Gasteiger partial charge in [0.15, 0.2) is 0 Å². The number of fused-ring (bicyclic) bond motifs is 1. The largest absolute Gasteiger partial charge is 0.343 e. The van der Waals surface area contributed by atoms with Crippen LogP contribution in [0.1, 0.15) is 17.2 Å². The maximum atomic E-state index is 5.40. The van der Waals surface area contributed by atoms with Gasteiger partial charge in [0.1, 0.15) is 5.82 Å². The normalized spacial score (nSPS) is 15.7. The minimum Gasteiger partial charge on any atom is -0.343 e. The van der Waals surface area contributed by atoms with Crippen molar-refractivity contribution in [2.75, 3.05) is 0 Å². The Bertz CT molecular complexity index is 218. The summed E-state index contributed by atoms with van der Waals surface area (Å²) in [7, 11) is 0. The van der Waals surface area contributed by atoms with Gasteiger partial charge in [-0.3, -0.25) is 0 Å².